The second-order valence-corrected chi connectivity index (χ2v) is 3.61. The van der Waals surface area contributed by atoms with E-state index in [9.17, 15) is 4.79 Å². The van der Waals surface area contributed by atoms with E-state index in [2.05, 4.69) is 15.6 Å². The third-order valence-corrected chi connectivity index (χ3v) is 2.33. The first-order valence-corrected chi connectivity index (χ1v) is 5.47. The number of pyridine rings is 1. The van der Waals surface area contributed by atoms with Gasteiger partial charge in [0.05, 0.1) is 6.61 Å². The Hall–Kier alpha value is -2.40. The maximum absolute atomic E-state index is 11.7. The minimum absolute atomic E-state index is 0.172. The summed E-state index contributed by atoms with van der Waals surface area (Å²) in [5.41, 5.74) is 1.26. The Morgan fingerprint density at radius 1 is 1.11 bits per heavy atom. The molecule has 5 nitrogen and oxygen atoms in total. The van der Waals surface area contributed by atoms with E-state index < -0.39 is 6.03 Å². The molecule has 1 heterocycles. The van der Waals surface area contributed by atoms with Crippen molar-refractivity contribution in [2.24, 2.45) is 0 Å². The van der Waals surface area contributed by atoms with Gasteiger partial charge in [0.2, 0.25) is 0 Å². The summed E-state index contributed by atoms with van der Waals surface area (Å²) in [6.45, 7) is -0.172. The van der Waals surface area contributed by atoms with Crippen LogP contribution in [0.5, 0.6) is 0 Å². The summed E-state index contributed by atoms with van der Waals surface area (Å²) in [4.78, 5) is 15.7. The van der Waals surface area contributed by atoms with Gasteiger partial charge >= 0.3 is 6.03 Å². The minimum atomic E-state index is -0.394. The van der Waals surface area contributed by atoms with Gasteiger partial charge in [-0.25, -0.2) is 9.78 Å². The molecule has 1 aromatic carbocycles. The second-order valence-electron chi connectivity index (χ2n) is 3.61. The number of aliphatic hydroxyl groups is 1. The molecule has 0 aliphatic rings. The molecule has 92 valence electrons. The lowest BCUT2D eigenvalue weighted by atomic mass is 10.3. The van der Waals surface area contributed by atoms with Gasteiger partial charge < -0.3 is 10.4 Å². The zero-order valence-electron chi connectivity index (χ0n) is 9.63. The van der Waals surface area contributed by atoms with Crippen molar-refractivity contribution in [1.82, 2.24) is 4.98 Å². The third-order valence-electron chi connectivity index (χ3n) is 2.33. The van der Waals surface area contributed by atoms with E-state index in [4.69, 9.17) is 5.11 Å². The van der Waals surface area contributed by atoms with Gasteiger partial charge in [-0.1, -0.05) is 24.3 Å². The van der Waals surface area contributed by atoms with Crippen LogP contribution in [-0.4, -0.2) is 16.1 Å². The van der Waals surface area contributed by atoms with Crippen LogP contribution in [-0.2, 0) is 6.61 Å². The number of aromatic nitrogens is 1. The number of para-hydroxylation sites is 1. The number of carbonyl (C=O) groups excluding carboxylic acids is 1. The molecular weight excluding hydrogens is 230 g/mol. The number of nitrogens with one attached hydrogen (secondary N) is 2. The number of anilines is 2. The van der Waals surface area contributed by atoms with Crippen LogP contribution in [0.25, 0.3) is 0 Å². The molecule has 18 heavy (non-hydrogen) atoms. The lowest BCUT2D eigenvalue weighted by molar-refractivity contribution is 0.261. The fourth-order valence-electron chi connectivity index (χ4n) is 1.47. The first-order chi connectivity index (χ1) is 8.79. The summed E-state index contributed by atoms with van der Waals surface area (Å²) < 4.78 is 0. The van der Waals surface area contributed by atoms with E-state index in [1.54, 1.807) is 30.5 Å². The average molecular weight is 243 g/mol. The standard InChI is InChI=1S/C13H13N3O2/c17-9-10-5-4-8-14-12(10)16-13(18)15-11-6-2-1-3-7-11/h1-8,17H,9H2,(H2,14,15,16,18). The molecule has 0 fully saturated rings. The van der Waals surface area contributed by atoms with Crippen molar-refractivity contribution in [3.8, 4) is 0 Å². The molecular formula is C13H13N3O2. The fourth-order valence-corrected chi connectivity index (χ4v) is 1.47. The lowest BCUT2D eigenvalue weighted by Crippen LogP contribution is -2.20. The van der Waals surface area contributed by atoms with E-state index in [1.165, 1.54) is 0 Å². The zero-order valence-corrected chi connectivity index (χ0v) is 9.63. The van der Waals surface area contributed by atoms with Crippen LogP contribution in [0.3, 0.4) is 0 Å². The SMILES string of the molecule is O=C(Nc1ccccc1)Nc1ncccc1CO. The molecule has 2 aromatic rings. The van der Waals surface area contributed by atoms with Crippen molar-refractivity contribution in [3.63, 3.8) is 0 Å². The highest BCUT2D eigenvalue weighted by atomic mass is 16.3. The third kappa shape index (κ3) is 3.05. The summed E-state index contributed by atoms with van der Waals surface area (Å²) in [6.07, 6.45) is 1.55. The number of hydrogen-bond acceptors (Lipinski definition) is 3. The first kappa shape index (κ1) is 12.1. The molecule has 2 amide bonds. The number of rotatable bonds is 3. The molecule has 0 radical (unpaired) electrons. The van der Waals surface area contributed by atoms with Crippen molar-refractivity contribution in [3.05, 3.63) is 54.2 Å². The van der Waals surface area contributed by atoms with E-state index in [1.807, 2.05) is 18.2 Å². The molecule has 0 aliphatic carbocycles. The van der Waals surface area contributed by atoms with Crippen molar-refractivity contribution in [2.45, 2.75) is 6.61 Å². The van der Waals surface area contributed by atoms with Crippen molar-refractivity contribution in [2.75, 3.05) is 10.6 Å². The van der Waals surface area contributed by atoms with E-state index in [-0.39, 0.29) is 6.61 Å². The van der Waals surface area contributed by atoms with E-state index in [0.717, 1.165) is 0 Å². The van der Waals surface area contributed by atoms with Gasteiger partial charge in [-0.3, -0.25) is 5.32 Å². The Morgan fingerprint density at radius 3 is 2.61 bits per heavy atom. The molecule has 0 aliphatic heterocycles. The molecule has 1 aromatic heterocycles. The topological polar surface area (TPSA) is 74.2 Å². The molecule has 0 atom stereocenters. The van der Waals surface area contributed by atoms with Crippen molar-refractivity contribution < 1.29 is 9.90 Å². The summed E-state index contributed by atoms with van der Waals surface area (Å²) in [7, 11) is 0. The highest BCUT2D eigenvalue weighted by molar-refractivity contribution is 5.99. The number of aliphatic hydroxyl groups excluding tert-OH is 1. The highest BCUT2D eigenvalue weighted by Crippen LogP contribution is 2.12. The number of nitrogens with zero attached hydrogens (tertiary/aromatic N) is 1. The predicted molar refractivity (Wildman–Crippen MR) is 69.2 cm³/mol. The molecule has 0 unspecified atom stereocenters. The molecule has 3 N–H and O–H groups in total. The lowest BCUT2D eigenvalue weighted by Gasteiger charge is -2.09. The Balaban J connectivity index is 2.03. The number of amides is 2. The largest absolute Gasteiger partial charge is 0.392 e. The van der Waals surface area contributed by atoms with Crippen LogP contribution in [0.2, 0.25) is 0 Å². The number of hydrogen-bond donors (Lipinski definition) is 3. The van der Waals surface area contributed by atoms with E-state index in [0.29, 0.717) is 17.1 Å². The first-order valence-electron chi connectivity index (χ1n) is 5.47. The molecule has 0 saturated heterocycles. The normalized spacial score (nSPS) is 9.83. The van der Waals surface area contributed by atoms with Gasteiger partial charge in [0.25, 0.3) is 0 Å². The number of urea groups is 1. The Kier molecular flexibility index (Phi) is 3.88. The summed E-state index contributed by atoms with van der Waals surface area (Å²) in [5.74, 6) is 0.355. The molecule has 0 saturated carbocycles. The Bertz CT molecular complexity index is 529. The van der Waals surface area contributed by atoms with Crippen molar-refractivity contribution in [1.29, 1.82) is 0 Å². The minimum Gasteiger partial charge on any atom is -0.392 e. The van der Waals surface area contributed by atoms with Gasteiger partial charge in [-0.15, -0.1) is 0 Å². The van der Waals surface area contributed by atoms with Crippen LogP contribution < -0.4 is 10.6 Å². The van der Waals surface area contributed by atoms with Crippen LogP contribution >= 0.6 is 0 Å². The quantitative estimate of drug-likeness (QED) is 0.773. The van der Waals surface area contributed by atoms with Crippen molar-refractivity contribution >= 4 is 17.5 Å². The maximum Gasteiger partial charge on any atom is 0.324 e. The van der Waals surface area contributed by atoms with Gasteiger partial charge in [0, 0.05) is 17.4 Å². The van der Waals surface area contributed by atoms with Crippen LogP contribution in [0.4, 0.5) is 16.3 Å². The highest BCUT2D eigenvalue weighted by Gasteiger charge is 2.06. The summed E-state index contributed by atoms with van der Waals surface area (Å²) >= 11 is 0. The summed E-state index contributed by atoms with van der Waals surface area (Å²) in [6, 6.07) is 12.1. The monoisotopic (exact) mass is 243 g/mol. The van der Waals surface area contributed by atoms with Crippen LogP contribution in [0.1, 0.15) is 5.56 Å². The second kappa shape index (κ2) is 5.79. The average Bonchev–Trinajstić information content (AvgIpc) is 2.40. The molecule has 0 spiro atoms. The molecule has 5 heteroatoms. The van der Waals surface area contributed by atoms with Gasteiger partial charge in [-0.2, -0.15) is 0 Å². The Morgan fingerprint density at radius 2 is 1.89 bits per heavy atom. The molecule has 0 bridgehead atoms. The van der Waals surface area contributed by atoms with E-state index >= 15 is 0 Å². The van der Waals surface area contributed by atoms with Gasteiger partial charge in [-0.05, 0) is 18.2 Å². The fraction of sp³-hybridized carbons (Fsp3) is 0.0769. The number of carbonyl (C=O) groups is 1. The summed E-state index contributed by atoms with van der Waals surface area (Å²) in [5, 5.41) is 14.4. The number of benzene rings is 1. The zero-order chi connectivity index (χ0) is 12.8. The molecule has 2 rings (SSSR count). The van der Waals surface area contributed by atoms with Gasteiger partial charge in [0.15, 0.2) is 0 Å². The predicted octanol–water partition coefficient (Wildman–Crippen LogP) is 2.22. The maximum atomic E-state index is 11.7. The van der Waals surface area contributed by atoms with Crippen LogP contribution in [0.15, 0.2) is 48.7 Å². The van der Waals surface area contributed by atoms with Crippen LogP contribution in [0, 0.1) is 0 Å². The Labute approximate surface area is 104 Å². The van der Waals surface area contributed by atoms with Gasteiger partial charge in [0.1, 0.15) is 5.82 Å². The smallest absolute Gasteiger partial charge is 0.324 e.